The van der Waals surface area contributed by atoms with Gasteiger partial charge >= 0.3 is 0 Å². The quantitative estimate of drug-likeness (QED) is 0.631. The summed E-state index contributed by atoms with van der Waals surface area (Å²) in [6.07, 6.45) is 6.56. The van der Waals surface area contributed by atoms with Crippen molar-refractivity contribution in [3.63, 3.8) is 0 Å². The number of para-hydroxylation sites is 1. The highest BCUT2D eigenvalue weighted by atomic mass is 16.5. The fourth-order valence-corrected chi connectivity index (χ4v) is 2.06. The second-order valence-electron chi connectivity index (χ2n) is 4.28. The van der Waals surface area contributed by atoms with Crippen LogP contribution >= 0.6 is 0 Å². The molecular formula is C15H13O. The molecule has 1 aliphatic carbocycles. The summed E-state index contributed by atoms with van der Waals surface area (Å²) in [6, 6.07) is 8.03. The molecule has 1 aliphatic heterocycles. The lowest BCUT2D eigenvalue weighted by atomic mass is 9.90. The molecule has 16 heavy (non-hydrogen) atoms. The molecule has 79 valence electrons. The number of allylic oxidation sites excluding steroid dienone is 3. The van der Waals surface area contributed by atoms with Gasteiger partial charge in [-0.2, -0.15) is 0 Å². The summed E-state index contributed by atoms with van der Waals surface area (Å²) in [4.78, 5) is 0. The molecule has 0 fully saturated rings. The van der Waals surface area contributed by atoms with E-state index in [4.69, 9.17) is 4.74 Å². The highest BCUT2D eigenvalue weighted by Crippen LogP contribution is 2.37. The maximum atomic E-state index is 5.88. The van der Waals surface area contributed by atoms with E-state index < -0.39 is 0 Å². The first-order chi connectivity index (χ1) is 7.75. The van der Waals surface area contributed by atoms with Crippen molar-refractivity contribution in [2.75, 3.05) is 0 Å². The average molecular weight is 209 g/mol. The fraction of sp³-hybridized carbons (Fsp3) is 0.200. The second-order valence-corrected chi connectivity index (χ2v) is 4.28. The Bertz CT molecular complexity index is 544. The Labute approximate surface area is 95.7 Å². The van der Waals surface area contributed by atoms with Crippen LogP contribution in [0.4, 0.5) is 0 Å². The zero-order valence-electron chi connectivity index (χ0n) is 9.50. The molecule has 2 aliphatic rings. The molecule has 3 rings (SSSR count). The maximum absolute atomic E-state index is 5.88. The van der Waals surface area contributed by atoms with Gasteiger partial charge in [0.1, 0.15) is 11.5 Å². The van der Waals surface area contributed by atoms with E-state index in [1.807, 2.05) is 24.3 Å². The van der Waals surface area contributed by atoms with Gasteiger partial charge in [0.05, 0.1) is 0 Å². The molecule has 0 spiro atoms. The Morgan fingerprint density at radius 3 is 2.88 bits per heavy atom. The number of benzene rings is 1. The van der Waals surface area contributed by atoms with Crippen LogP contribution in [-0.4, -0.2) is 0 Å². The minimum atomic E-state index is 0.907. The SMILES string of the molecule is CC1=C(C)C2=[C]c3ccccc3OC2=CC1. The largest absolute Gasteiger partial charge is 0.456 e. The van der Waals surface area contributed by atoms with Crippen LogP contribution in [0.5, 0.6) is 5.75 Å². The summed E-state index contributed by atoms with van der Waals surface area (Å²) >= 11 is 0. The van der Waals surface area contributed by atoms with E-state index in [1.54, 1.807) is 0 Å². The van der Waals surface area contributed by atoms with Crippen molar-refractivity contribution in [1.82, 2.24) is 0 Å². The van der Waals surface area contributed by atoms with Crippen LogP contribution in [-0.2, 0) is 0 Å². The van der Waals surface area contributed by atoms with Gasteiger partial charge in [-0.25, -0.2) is 0 Å². The zero-order valence-corrected chi connectivity index (χ0v) is 9.50. The number of hydrogen-bond donors (Lipinski definition) is 0. The third-order valence-corrected chi connectivity index (χ3v) is 3.22. The Morgan fingerprint density at radius 1 is 1.19 bits per heavy atom. The summed E-state index contributed by atoms with van der Waals surface area (Å²) in [5.41, 5.74) is 4.85. The normalized spacial score (nSPS) is 18.1. The van der Waals surface area contributed by atoms with Gasteiger partial charge in [0.15, 0.2) is 0 Å². The Kier molecular flexibility index (Phi) is 2.00. The third kappa shape index (κ3) is 1.32. The van der Waals surface area contributed by atoms with Gasteiger partial charge < -0.3 is 4.74 Å². The van der Waals surface area contributed by atoms with Crippen LogP contribution in [0.2, 0.25) is 0 Å². The third-order valence-electron chi connectivity index (χ3n) is 3.22. The zero-order chi connectivity index (χ0) is 11.1. The van der Waals surface area contributed by atoms with Crippen molar-refractivity contribution in [2.45, 2.75) is 20.3 Å². The minimum absolute atomic E-state index is 0.907. The van der Waals surface area contributed by atoms with Crippen molar-refractivity contribution in [2.24, 2.45) is 0 Å². The molecule has 0 saturated carbocycles. The number of hydrogen-bond acceptors (Lipinski definition) is 1. The first kappa shape index (κ1) is 9.46. The van der Waals surface area contributed by atoms with Gasteiger partial charge in [-0.3, -0.25) is 0 Å². The predicted molar refractivity (Wildman–Crippen MR) is 64.0 cm³/mol. The van der Waals surface area contributed by atoms with Crippen LogP contribution in [0.25, 0.3) is 0 Å². The van der Waals surface area contributed by atoms with Crippen LogP contribution in [0.15, 0.2) is 52.8 Å². The molecule has 1 aromatic carbocycles. The first-order valence-electron chi connectivity index (χ1n) is 5.54. The average Bonchev–Trinajstić information content (AvgIpc) is 2.32. The van der Waals surface area contributed by atoms with E-state index in [2.05, 4.69) is 26.0 Å². The highest BCUT2D eigenvalue weighted by Gasteiger charge is 2.21. The van der Waals surface area contributed by atoms with Gasteiger partial charge in [-0.15, -0.1) is 0 Å². The van der Waals surface area contributed by atoms with Gasteiger partial charge in [0, 0.05) is 17.2 Å². The lowest BCUT2D eigenvalue weighted by molar-refractivity contribution is 0.424. The predicted octanol–water partition coefficient (Wildman–Crippen LogP) is 3.78. The van der Waals surface area contributed by atoms with Crippen LogP contribution < -0.4 is 4.74 Å². The van der Waals surface area contributed by atoms with Gasteiger partial charge in [0.2, 0.25) is 0 Å². The standard InChI is InChI=1S/C15H13O/c1-10-7-8-15-13(11(10)2)9-12-5-3-4-6-14(12)16-15/h3-6,8H,7H2,1-2H3. The van der Waals surface area contributed by atoms with E-state index in [1.165, 1.54) is 11.1 Å². The summed E-state index contributed by atoms with van der Waals surface area (Å²) in [7, 11) is 0. The Morgan fingerprint density at radius 2 is 2.00 bits per heavy atom. The smallest absolute Gasteiger partial charge is 0.135 e. The van der Waals surface area contributed by atoms with Crippen LogP contribution in [0, 0.1) is 6.08 Å². The topological polar surface area (TPSA) is 9.23 Å². The molecule has 1 nitrogen and oxygen atoms in total. The molecule has 0 bridgehead atoms. The van der Waals surface area contributed by atoms with E-state index in [0.717, 1.165) is 29.1 Å². The summed E-state index contributed by atoms with van der Waals surface area (Å²) in [5, 5.41) is 0. The van der Waals surface area contributed by atoms with Crippen molar-refractivity contribution in [3.8, 4) is 5.75 Å². The monoisotopic (exact) mass is 209 g/mol. The molecule has 0 saturated heterocycles. The first-order valence-corrected chi connectivity index (χ1v) is 5.54. The molecule has 1 aromatic rings. The Hall–Kier alpha value is -1.76. The number of fused-ring (bicyclic) bond motifs is 2. The van der Waals surface area contributed by atoms with E-state index >= 15 is 0 Å². The lowest BCUT2D eigenvalue weighted by Crippen LogP contribution is -2.11. The molecule has 1 heteroatoms. The van der Waals surface area contributed by atoms with E-state index in [9.17, 15) is 0 Å². The van der Waals surface area contributed by atoms with Crippen molar-refractivity contribution in [1.29, 1.82) is 0 Å². The van der Waals surface area contributed by atoms with Crippen molar-refractivity contribution >= 4 is 0 Å². The fourth-order valence-electron chi connectivity index (χ4n) is 2.06. The number of rotatable bonds is 0. The van der Waals surface area contributed by atoms with Gasteiger partial charge in [0.25, 0.3) is 0 Å². The Balaban J connectivity index is 2.18. The molecule has 0 N–H and O–H groups in total. The van der Waals surface area contributed by atoms with Crippen LogP contribution in [0.3, 0.4) is 0 Å². The molecule has 1 heterocycles. The highest BCUT2D eigenvalue weighted by molar-refractivity contribution is 5.56. The molecule has 0 unspecified atom stereocenters. The van der Waals surface area contributed by atoms with Crippen molar-refractivity contribution < 1.29 is 4.74 Å². The van der Waals surface area contributed by atoms with Crippen LogP contribution in [0.1, 0.15) is 25.8 Å². The summed E-state index contributed by atoms with van der Waals surface area (Å²) in [5.74, 6) is 1.87. The van der Waals surface area contributed by atoms with E-state index in [0.29, 0.717) is 0 Å². The maximum Gasteiger partial charge on any atom is 0.135 e. The summed E-state index contributed by atoms with van der Waals surface area (Å²) in [6.45, 7) is 4.31. The van der Waals surface area contributed by atoms with Crippen molar-refractivity contribution in [3.05, 3.63) is 64.5 Å². The molecule has 0 atom stereocenters. The summed E-state index contributed by atoms with van der Waals surface area (Å²) < 4.78 is 5.88. The van der Waals surface area contributed by atoms with E-state index in [-0.39, 0.29) is 0 Å². The van der Waals surface area contributed by atoms with Gasteiger partial charge in [-0.1, -0.05) is 23.8 Å². The van der Waals surface area contributed by atoms with Gasteiger partial charge in [-0.05, 0) is 38.0 Å². The molecule has 0 amide bonds. The second kappa shape index (κ2) is 3.38. The molecule has 1 radical (unpaired) electrons. The molecule has 0 aromatic heterocycles. The number of ether oxygens (including phenoxy) is 1. The molecular weight excluding hydrogens is 196 g/mol. The minimum Gasteiger partial charge on any atom is -0.456 e. The lowest BCUT2D eigenvalue weighted by Gasteiger charge is -2.24.